The number of carbonyl (C=O) groups excluding carboxylic acids is 1. The summed E-state index contributed by atoms with van der Waals surface area (Å²) in [5, 5.41) is 7.76. The fourth-order valence-electron chi connectivity index (χ4n) is 1.50. The van der Waals surface area contributed by atoms with E-state index in [0.29, 0.717) is 6.54 Å². The number of aromatic nitrogens is 3. The molecule has 1 N–H and O–H groups in total. The van der Waals surface area contributed by atoms with Crippen molar-refractivity contribution >= 4 is 5.91 Å². The topological polar surface area (TPSA) is 69.0 Å². The van der Waals surface area contributed by atoms with Crippen LogP contribution in [0.15, 0.2) is 36.5 Å². The zero-order chi connectivity index (χ0) is 14.6. The zero-order valence-corrected chi connectivity index (χ0v) is 11.8. The van der Waals surface area contributed by atoms with Crippen molar-refractivity contribution in [3.05, 3.63) is 47.8 Å². The summed E-state index contributed by atoms with van der Waals surface area (Å²) in [6.45, 7) is 6.11. The van der Waals surface area contributed by atoms with Crippen LogP contribution in [0.25, 0.3) is 0 Å². The molecule has 0 aliphatic carbocycles. The third kappa shape index (κ3) is 4.17. The van der Waals surface area contributed by atoms with Gasteiger partial charge in [0.1, 0.15) is 0 Å². The van der Waals surface area contributed by atoms with E-state index < -0.39 is 11.5 Å². The predicted molar refractivity (Wildman–Crippen MR) is 73.9 cm³/mol. The molecule has 20 heavy (non-hydrogen) atoms. The Kier molecular flexibility index (Phi) is 4.14. The zero-order valence-electron chi connectivity index (χ0n) is 11.8. The Morgan fingerprint density at radius 3 is 2.65 bits per heavy atom. The number of hydroxylamine groups is 1. The second-order valence-corrected chi connectivity index (χ2v) is 5.43. The highest BCUT2D eigenvalue weighted by atomic mass is 16.7. The van der Waals surface area contributed by atoms with Crippen molar-refractivity contribution in [2.45, 2.75) is 32.9 Å². The van der Waals surface area contributed by atoms with E-state index in [2.05, 4.69) is 15.8 Å². The number of nitrogens with one attached hydrogen (secondary N) is 1. The Morgan fingerprint density at radius 1 is 1.30 bits per heavy atom. The summed E-state index contributed by atoms with van der Waals surface area (Å²) < 4.78 is 1.61. The molecule has 6 nitrogen and oxygen atoms in total. The highest BCUT2D eigenvalue weighted by molar-refractivity contribution is 5.91. The smallest absolute Gasteiger partial charge is 0.268 e. The molecule has 0 aliphatic heterocycles. The maximum Gasteiger partial charge on any atom is 0.297 e. The lowest BCUT2D eigenvalue weighted by Crippen LogP contribution is -2.33. The lowest BCUT2D eigenvalue weighted by molar-refractivity contribution is -0.0591. The van der Waals surface area contributed by atoms with E-state index in [1.807, 2.05) is 51.1 Å². The van der Waals surface area contributed by atoms with Crippen LogP contribution in [-0.2, 0) is 11.4 Å². The molecule has 1 heterocycles. The number of benzene rings is 1. The molecule has 0 saturated heterocycles. The first kappa shape index (κ1) is 14.2. The summed E-state index contributed by atoms with van der Waals surface area (Å²) >= 11 is 0. The van der Waals surface area contributed by atoms with Crippen LogP contribution in [0.3, 0.4) is 0 Å². The fraction of sp³-hybridized carbons (Fsp3) is 0.357. The van der Waals surface area contributed by atoms with Crippen molar-refractivity contribution in [3.8, 4) is 0 Å². The molecule has 0 atom stereocenters. The van der Waals surface area contributed by atoms with E-state index in [-0.39, 0.29) is 5.69 Å². The maximum absolute atomic E-state index is 11.8. The molecular weight excluding hydrogens is 256 g/mol. The molecule has 2 rings (SSSR count). The Hall–Kier alpha value is -2.21. The Balaban J connectivity index is 1.97. The summed E-state index contributed by atoms with van der Waals surface area (Å²) in [5.74, 6) is -0.403. The van der Waals surface area contributed by atoms with Gasteiger partial charge >= 0.3 is 0 Å². The van der Waals surface area contributed by atoms with Crippen molar-refractivity contribution < 1.29 is 9.63 Å². The number of nitrogens with zero attached hydrogens (tertiary/aromatic N) is 3. The summed E-state index contributed by atoms with van der Waals surface area (Å²) in [6.07, 6.45) is 1.59. The second kappa shape index (κ2) is 5.83. The van der Waals surface area contributed by atoms with Gasteiger partial charge in [0.2, 0.25) is 0 Å². The van der Waals surface area contributed by atoms with E-state index >= 15 is 0 Å². The van der Waals surface area contributed by atoms with Crippen LogP contribution in [0.5, 0.6) is 0 Å². The minimum absolute atomic E-state index is 0.227. The first-order valence-electron chi connectivity index (χ1n) is 6.36. The van der Waals surface area contributed by atoms with Crippen LogP contribution in [0.2, 0.25) is 0 Å². The van der Waals surface area contributed by atoms with Gasteiger partial charge < -0.3 is 0 Å². The number of hydrogen-bond acceptors (Lipinski definition) is 4. The maximum atomic E-state index is 11.8. The van der Waals surface area contributed by atoms with Gasteiger partial charge in [0.15, 0.2) is 5.69 Å². The van der Waals surface area contributed by atoms with Gasteiger partial charge in [-0.3, -0.25) is 9.63 Å². The van der Waals surface area contributed by atoms with Gasteiger partial charge in [-0.2, -0.15) is 0 Å². The van der Waals surface area contributed by atoms with E-state index in [4.69, 9.17) is 4.84 Å². The highest BCUT2D eigenvalue weighted by Crippen LogP contribution is 2.05. The van der Waals surface area contributed by atoms with Gasteiger partial charge in [-0.1, -0.05) is 35.5 Å². The molecule has 2 aromatic rings. The minimum Gasteiger partial charge on any atom is -0.268 e. The summed E-state index contributed by atoms with van der Waals surface area (Å²) in [5.41, 5.74) is 3.23. The number of hydrogen-bond donors (Lipinski definition) is 1. The highest BCUT2D eigenvalue weighted by Gasteiger charge is 2.16. The fourth-order valence-corrected chi connectivity index (χ4v) is 1.50. The molecule has 0 spiro atoms. The number of amides is 1. The predicted octanol–water partition coefficient (Wildman–Crippen LogP) is 1.79. The molecule has 1 aromatic heterocycles. The Bertz CT molecular complexity index is 572. The van der Waals surface area contributed by atoms with Crippen molar-refractivity contribution in [3.63, 3.8) is 0 Å². The third-order valence-electron chi connectivity index (χ3n) is 2.41. The average Bonchev–Trinajstić information content (AvgIpc) is 2.85. The quantitative estimate of drug-likeness (QED) is 0.863. The van der Waals surface area contributed by atoms with Crippen molar-refractivity contribution in [1.29, 1.82) is 0 Å². The molecule has 0 aliphatic rings. The largest absolute Gasteiger partial charge is 0.297 e. The van der Waals surface area contributed by atoms with Crippen LogP contribution in [0, 0.1) is 0 Å². The number of carbonyl (C=O) groups is 1. The first-order chi connectivity index (χ1) is 9.44. The molecule has 6 heteroatoms. The van der Waals surface area contributed by atoms with Crippen molar-refractivity contribution in [2.75, 3.05) is 0 Å². The SMILES string of the molecule is CC(C)(C)ONC(=O)c1cn(Cc2ccccc2)nn1. The molecule has 0 saturated carbocycles. The van der Waals surface area contributed by atoms with E-state index in [1.165, 1.54) is 0 Å². The monoisotopic (exact) mass is 274 g/mol. The Morgan fingerprint density at radius 2 is 2.00 bits per heavy atom. The van der Waals surface area contributed by atoms with Gasteiger partial charge in [0.05, 0.1) is 18.3 Å². The van der Waals surface area contributed by atoms with Crippen LogP contribution < -0.4 is 5.48 Å². The summed E-state index contributed by atoms with van der Waals surface area (Å²) in [7, 11) is 0. The van der Waals surface area contributed by atoms with Crippen LogP contribution in [0.4, 0.5) is 0 Å². The minimum atomic E-state index is -0.449. The lowest BCUT2D eigenvalue weighted by atomic mass is 10.2. The third-order valence-corrected chi connectivity index (χ3v) is 2.41. The van der Waals surface area contributed by atoms with Crippen molar-refractivity contribution in [2.24, 2.45) is 0 Å². The molecule has 106 valence electrons. The van der Waals surface area contributed by atoms with E-state index in [0.717, 1.165) is 5.56 Å². The molecule has 0 unspecified atom stereocenters. The molecule has 0 fully saturated rings. The standard InChI is InChI=1S/C14H18N4O2/c1-14(2,3)20-16-13(19)12-10-18(17-15-12)9-11-7-5-4-6-8-11/h4-8,10H,9H2,1-3H3,(H,16,19). The summed E-state index contributed by atoms with van der Waals surface area (Å²) in [6, 6.07) is 9.84. The molecular formula is C14H18N4O2. The van der Waals surface area contributed by atoms with Gasteiger partial charge in [0, 0.05) is 0 Å². The van der Waals surface area contributed by atoms with Crippen LogP contribution >= 0.6 is 0 Å². The van der Waals surface area contributed by atoms with Crippen molar-refractivity contribution in [1.82, 2.24) is 20.5 Å². The second-order valence-electron chi connectivity index (χ2n) is 5.43. The normalized spacial score (nSPS) is 11.3. The molecule has 1 aromatic carbocycles. The summed E-state index contributed by atoms with van der Waals surface area (Å²) in [4.78, 5) is 17.0. The molecule has 0 radical (unpaired) electrons. The van der Waals surface area contributed by atoms with Gasteiger partial charge in [-0.25, -0.2) is 10.2 Å². The molecule has 1 amide bonds. The van der Waals surface area contributed by atoms with E-state index in [9.17, 15) is 4.79 Å². The van der Waals surface area contributed by atoms with Gasteiger partial charge in [-0.05, 0) is 26.3 Å². The first-order valence-corrected chi connectivity index (χ1v) is 6.36. The van der Waals surface area contributed by atoms with Gasteiger partial charge in [0.25, 0.3) is 5.91 Å². The van der Waals surface area contributed by atoms with E-state index in [1.54, 1.807) is 10.9 Å². The van der Waals surface area contributed by atoms with Crippen LogP contribution in [-0.4, -0.2) is 26.5 Å². The molecule has 0 bridgehead atoms. The van der Waals surface area contributed by atoms with Gasteiger partial charge in [-0.15, -0.1) is 5.10 Å². The number of rotatable bonds is 4. The Labute approximate surface area is 117 Å². The average molecular weight is 274 g/mol. The van der Waals surface area contributed by atoms with Crippen LogP contribution in [0.1, 0.15) is 36.8 Å². The lowest BCUT2D eigenvalue weighted by Gasteiger charge is -2.18.